The maximum atomic E-state index is 5.95. The van der Waals surface area contributed by atoms with Gasteiger partial charge in [-0.15, -0.1) is 22.9 Å². The third-order valence-corrected chi connectivity index (χ3v) is 4.11. The van der Waals surface area contributed by atoms with Crippen molar-refractivity contribution in [1.29, 1.82) is 0 Å². The SMILES string of the molecule is Cc1csc(Cn2c(CCl)nc3cc(Cl)cnc32)n1. The lowest BCUT2D eigenvalue weighted by Gasteiger charge is -2.04. The average molecular weight is 313 g/mol. The Balaban J connectivity index is 2.10. The largest absolute Gasteiger partial charge is 0.305 e. The number of alkyl halides is 1. The Hall–Kier alpha value is -1.17. The molecule has 4 nitrogen and oxygen atoms in total. The van der Waals surface area contributed by atoms with Gasteiger partial charge in [0.05, 0.1) is 17.4 Å². The number of hydrogen-bond acceptors (Lipinski definition) is 4. The molecule has 3 aromatic rings. The van der Waals surface area contributed by atoms with Crippen LogP contribution in [0.25, 0.3) is 11.2 Å². The van der Waals surface area contributed by atoms with Gasteiger partial charge in [-0.25, -0.2) is 15.0 Å². The fraction of sp³-hybridized carbons (Fsp3) is 0.250. The van der Waals surface area contributed by atoms with Crippen molar-refractivity contribution in [3.05, 3.63) is 39.2 Å². The molecule has 3 heterocycles. The summed E-state index contributed by atoms with van der Waals surface area (Å²) < 4.78 is 1.98. The molecule has 0 atom stereocenters. The number of aromatic nitrogens is 4. The molecule has 0 aliphatic heterocycles. The minimum absolute atomic E-state index is 0.332. The van der Waals surface area contributed by atoms with Gasteiger partial charge in [-0.2, -0.15) is 0 Å². The molecule has 7 heteroatoms. The fourth-order valence-electron chi connectivity index (χ4n) is 1.91. The van der Waals surface area contributed by atoms with Crippen LogP contribution in [0.15, 0.2) is 17.6 Å². The lowest BCUT2D eigenvalue weighted by molar-refractivity contribution is 0.763. The van der Waals surface area contributed by atoms with Gasteiger partial charge in [-0.3, -0.25) is 0 Å². The number of halogens is 2. The third-order valence-electron chi connectivity index (χ3n) is 2.71. The van der Waals surface area contributed by atoms with Crippen LogP contribution in [0.3, 0.4) is 0 Å². The van der Waals surface area contributed by atoms with Crippen LogP contribution in [-0.2, 0) is 12.4 Å². The van der Waals surface area contributed by atoms with Crippen molar-refractivity contribution in [3.8, 4) is 0 Å². The predicted octanol–water partition coefficient (Wildman–Crippen LogP) is 3.64. The van der Waals surface area contributed by atoms with Gasteiger partial charge in [0.2, 0.25) is 0 Å². The molecule has 3 aromatic heterocycles. The fourth-order valence-corrected chi connectivity index (χ4v) is 3.03. The first kappa shape index (κ1) is 12.8. The van der Waals surface area contributed by atoms with Gasteiger partial charge in [-0.1, -0.05) is 11.6 Å². The van der Waals surface area contributed by atoms with Crippen LogP contribution in [0.2, 0.25) is 5.02 Å². The summed E-state index contributed by atoms with van der Waals surface area (Å²) in [5.74, 6) is 1.11. The summed E-state index contributed by atoms with van der Waals surface area (Å²) in [6, 6.07) is 1.80. The highest BCUT2D eigenvalue weighted by atomic mass is 35.5. The number of thiazole rings is 1. The molecule has 0 bridgehead atoms. The van der Waals surface area contributed by atoms with E-state index in [-0.39, 0.29) is 0 Å². The Morgan fingerprint density at radius 2 is 2.21 bits per heavy atom. The van der Waals surface area contributed by atoms with Crippen LogP contribution in [0.4, 0.5) is 0 Å². The highest BCUT2D eigenvalue weighted by molar-refractivity contribution is 7.09. The second-order valence-electron chi connectivity index (χ2n) is 4.13. The zero-order valence-corrected chi connectivity index (χ0v) is 12.4. The van der Waals surface area contributed by atoms with E-state index >= 15 is 0 Å². The molecule has 0 saturated carbocycles. The average Bonchev–Trinajstić information content (AvgIpc) is 2.94. The van der Waals surface area contributed by atoms with Crippen LogP contribution >= 0.6 is 34.5 Å². The minimum atomic E-state index is 0.332. The van der Waals surface area contributed by atoms with Crippen molar-refractivity contribution >= 4 is 45.7 Å². The van der Waals surface area contributed by atoms with Gasteiger partial charge in [0.25, 0.3) is 0 Å². The Kier molecular flexibility index (Phi) is 3.43. The Morgan fingerprint density at radius 1 is 1.37 bits per heavy atom. The zero-order valence-electron chi connectivity index (χ0n) is 10.1. The molecule has 0 fully saturated rings. The summed E-state index contributed by atoms with van der Waals surface area (Å²) in [4.78, 5) is 13.3. The number of fused-ring (bicyclic) bond motifs is 1. The summed E-state index contributed by atoms with van der Waals surface area (Å²) in [5.41, 5.74) is 2.57. The number of hydrogen-bond donors (Lipinski definition) is 0. The number of imidazole rings is 1. The highest BCUT2D eigenvalue weighted by Crippen LogP contribution is 2.21. The second-order valence-corrected chi connectivity index (χ2v) is 5.77. The number of rotatable bonds is 3. The molecular formula is C12H10Cl2N4S. The van der Waals surface area contributed by atoms with Crippen LogP contribution in [0.1, 0.15) is 16.5 Å². The Labute approximate surface area is 124 Å². The van der Waals surface area contributed by atoms with Crippen LogP contribution < -0.4 is 0 Å². The summed E-state index contributed by atoms with van der Waals surface area (Å²) in [6.07, 6.45) is 1.62. The normalized spacial score (nSPS) is 11.3. The first-order valence-electron chi connectivity index (χ1n) is 5.65. The van der Waals surface area contributed by atoms with E-state index in [0.29, 0.717) is 17.4 Å². The number of nitrogens with zero attached hydrogens (tertiary/aromatic N) is 4. The predicted molar refractivity (Wildman–Crippen MR) is 78.0 cm³/mol. The molecule has 0 unspecified atom stereocenters. The Bertz CT molecular complexity index is 734. The van der Waals surface area contributed by atoms with E-state index in [1.165, 1.54) is 0 Å². The monoisotopic (exact) mass is 312 g/mol. The van der Waals surface area contributed by atoms with E-state index in [9.17, 15) is 0 Å². The Morgan fingerprint density at radius 3 is 2.89 bits per heavy atom. The molecule has 0 aliphatic rings. The van der Waals surface area contributed by atoms with Crippen LogP contribution in [0.5, 0.6) is 0 Å². The van der Waals surface area contributed by atoms with Gasteiger partial charge in [0.15, 0.2) is 5.65 Å². The number of aryl methyl sites for hydroxylation is 1. The smallest absolute Gasteiger partial charge is 0.160 e. The van der Waals surface area contributed by atoms with Gasteiger partial charge in [-0.05, 0) is 13.0 Å². The highest BCUT2D eigenvalue weighted by Gasteiger charge is 2.13. The van der Waals surface area contributed by atoms with Crippen molar-refractivity contribution < 1.29 is 0 Å². The maximum Gasteiger partial charge on any atom is 0.160 e. The first-order chi connectivity index (χ1) is 9.17. The third kappa shape index (κ3) is 2.45. The van der Waals surface area contributed by atoms with E-state index in [0.717, 1.165) is 27.7 Å². The van der Waals surface area contributed by atoms with Gasteiger partial charge in [0, 0.05) is 17.3 Å². The molecule has 0 radical (unpaired) electrons. The molecule has 0 N–H and O–H groups in total. The summed E-state index contributed by atoms with van der Waals surface area (Å²) in [5, 5.41) is 3.61. The minimum Gasteiger partial charge on any atom is -0.305 e. The van der Waals surface area contributed by atoms with Crippen molar-refractivity contribution in [2.24, 2.45) is 0 Å². The van der Waals surface area contributed by atoms with Crippen LogP contribution in [0, 0.1) is 6.92 Å². The molecule has 0 aromatic carbocycles. The summed E-state index contributed by atoms with van der Waals surface area (Å²) in [6.45, 7) is 2.61. The van der Waals surface area contributed by atoms with Crippen molar-refractivity contribution in [3.63, 3.8) is 0 Å². The molecule has 0 saturated heterocycles. The molecule has 0 spiro atoms. The first-order valence-corrected chi connectivity index (χ1v) is 7.44. The molecular weight excluding hydrogens is 303 g/mol. The van der Waals surface area contributed by atoms with Crippen molar-refractivity contribution in [2.75, 3.05) is 0 Å². The maximum absolute atomic E-state index is 5.95. The lowest BCUT2D eigenvalue weighted by atomic mass is 10.4. The topological polar surface area (TPSA) is 43.6 Å². The van der Waals surface area contributed by atoms with Gasteiger partial charge in [0.1, 0.15) is 16.3 Å². The molecule has 19 heavy (non-hydrogen) atoms. The van der Waals surface area contributed by atoms with E-state index < -0.39 is 0 Å². The van der Waals surface area contributed by atoms with E-state index in [2.05, 4.69) is 15.0 Å². The summed E-state index contributed by atoms with van der Waals surface area (Å²) >= 11 is 13.5. The van der Waals surface area contributed by atoms with E-state index in [1.54, 1.807) is 23.6 Å². The van der Waals surface area contributed by atoms with Crippen molar-refractivity contribution in [2.45, 2.75) is 19.3 Å². The number of pyridine rings is 1. The van der Waals surface area contributed by atoms with Gasteiger partial charge >= 0.3 is 0 Å². The second kappa shape index (κ2) is 5.07. The molecule has 98 valence electrons. The molecule has 0 aliphatic carbocycles. The van der Waals surface area contributed by atoms with E-state index in [1.807, 2.05) is 16.9 Å². The standard InChI is InChI=1S/C12H10Cl2N4S/c1-7-6-19-11(16-7)5-18-10(3-13)17-9-2-8(14)4-15-12(9)18/h2,4,6H,3,5H2,1H3. The van der Waals surface area contributed by atoms with Gasteiger partial charge < -0.3 is 4.57 Å². The quantitative estimate of drug-likeness (QED) is 0.693. The van der Waals surface area contributed by atoms with Crippen molar-refractivity contribution in [1.82, 2.24) is 19.5 Å². The molecule has 3 rings (SSSR count). The lowest BCUT2D eigenvalue weighted by Crippen LogP contribution is -2.04. The van der Waals surface area contributed by atoms with E-state index in [4.69, 9.17) is 23.2 Å². The molecule has 0 amide bonds. The zero-order chi connectivity index (χ0) is 13.4. The van der Waals surface area contributed by atoms with Crippen LogP contribution in [-0.4, -0.2) is 19.5 Å². The summed E-state index contributed by atoms with van der Waals surface area (Å²) in [7, 11) is 0.